The van der Waals surface area contributed by atoms with E-state index in [9.17, 15) is 0 Å². The van der Waals surface area contributed by atoms with E-state index in [1.807, 2.05) is 48.7 Å². The Labute approximate surface area is 77.3 Å². The molecule has 1 aliphatic rings. The third kappa shape index (κ3) is 1.85. The Bertz CT molecular complexity index is 361. The van der Waals surface area contributed by atoms with Crippen molar-refractivity contribution in [2.24, 2.45) is 4.99 Å². The minimum Gasteiger partial charge on any atom is -0.353 e. The Morgan fingerprint density at radius 3 is 2.77 bits per heavy atom. The second-order valence-electron chi connectivity index (χ2n) is 2.70. The van der Waals surface area contributed by atoms with Crippen molar-refractivity contribution in [1.29, 1.82) is 0 Å². The average molecular weight is 170 g/mol. The first kappa shape index (κ1) is 7.80. The Morgan fingerprint density at radius 1 is 1.08 bits per heavy atom. The fraction of sp³-hybridized carbons (Fsp3) is 0. The number of nitrogens with one attached hydrogen (secondary N) is 1. The molecular formula is C11H10N2. The van der Waals surface area contributed by atoms with Crippen molar-refractivity contribution in [2.75, 3.05) is 0 Å². The highest BCUT2D eigenvalue weighted by Gasteiger charge is 1.96. The summed E-state index contributed by atoms with van der Waals surface area (Å²) in [4.78, 5) is 4.26. The third-order valence-corrected chi connectivity index (χ3v) is 1.79. The Balaban J connectivity index is 2.36. The van der Waals surface area contributed by atoms with Crippen molar-refractivity contribution in [2.45, 2.75) is 0 Å². The first-order valence-electron chi connectivity index (χ1n) is 4.18. The molecule has 0 saturated carbocycles. The van der Waals surface area contributed by atoms with Crippen LogP contribution in [0.3, 0.4) is 0 Å². The SMILES string of the molecule is C1=CNC=NC(c2ccccc2)=C1. The van der Waals surface area contributed by atoms with Crippen LogP contribution in [0.1, 0.15) is 5.56 Å². The molecule has 0 bridgehead atoms. The highest BCUT2D eigenvalue weighted by atomic mass is 14.9. The molecule has 0 atom stereocenters. The van der Waals surface area contributed by atoms with Crippen LogP contribution in [-0.2, 0) is 0 Å². The summed E-state index contributed by atoms with van der Waals surface area (Å²) in [5.74, 6) is 0. The number of hydrogen-bond acceptors (Lipinski definition) is 2. The van der Waals surface area contributed by atoms with Gasteiger partial charge < -0.3 is 5.32 Å². The van der Waals surface area contributed by atoms with E-state index in [1.165, 1.54) is 0 Å². The van der Waals surface area contributed by atoms with Gasteiger partial charge in [-0.2, -0.15) is 0 Å². The van der Waals surface area contributed by atoms with Crippen molar-refractivity contribution in [3.8, 4) is 0 Å². The summed E-state index contributed by atoms with van der Waals surface area (Å²) in [5, 5.41) is 2.92. The van der Waals surface area contributed by atoms with Gasteiger partial charge in [-0.15, -0.1) is 0 Å². The first-order valence-corrected chi connectivity index (χ1v) is 4.18. The van der Waals surface area contributed by atoms with E-state index in [4.69, 9.17) is 0 Å². The molecule has 0 unspecified atom stereocenters. The minimum atomic E-state index is 0.974. The molecule has 0 spiro atoms. The van der Waals surface area contributed by atoms with Gasteiger partial charge in [-0.3, -0.25) is 0 Å². The molecular weight excluding hydrogens is 160 g/mol. The third-order valence-electron chi connectivity index (χ3n) is 1.79. The molecule has 1 N–H and O–H groups in total. The Morgan fingerprint density at radius 2 is 1.92 bits per heavy atom. The van der Waals surface area contributed by atoms with Gasteiger partial charge in [0.15, 0.2) is 0 Å². The summed E-state index contributed by atoms with van der Waals surface area (Å²) in [7, 11) is 0. The first-order chi connectivity index (χ1) is 6.47. The number of hydrogen-bond donors (Lipinski definition) is 1. The van der Waals surface area contributed by atoms with Crippen molar-refractivity contribution >= 4 is 12.0 Å². The fourth-order valence-electron chi connectivity index (χ4n) is 1.17. The molecule has 1 aromatic rings. The zero-order chi connectivity index (χ0) is 8.93. The number of allylic oxidation sites excluding steroid dienone is 2. The minimum absolute atomic E-state index is 0.974. The normalized spacial score (nSPS) is 14.6. The van der Waals surface area contributed by atoms with Gasteiger partial charge in [-0.1, -0.05) is 30.3 Å². The Hall–Kier alpha value is -1.83. The smallest absolute Gasteiger partial charge is 0.0926 e. The van der Waals surface area contributed by atoms with Crippen LogP contribution in [0.25, 0.3) is 5.70 Å². The lowest BCUT2D eigenvalue weighted by atomic mass is 10.1. The molecule has 0 aliphatic carbocycles. The predicted molar refractivity (Wildman–Crippen MR) is 55.2 cm³/mol. The van der Waals surface area contributed by atoms with E-state index in [0.717, 1.165) is 11.3 Å². The van der Waals surface area contributed by atoms with Crippen molar-refractivity contribution in [1.82, 2.24) is 5.32 Å². The molecule has 2 heteroatoms. The van der Waals surface area contributed by atoms with Crippen molar-refractivity contribution in [3.63, 3.8) is 0 Å². The zero-order valence-electron chi connectivity index (χ0n) is 7.14. The van der Waals surface area contributed by atoms with Gasteiger partial charge in [-0.25, -0.2) is 4.99 Å². The molecule has 13 heavy (non-hydrogen) atoms. The number of benzene rings is 1. The lowest BCUT2D eigenvalue weighted by Crippen LogP contribution is -1.97. The maximum Gasteiger partial charge on any atom is 0.0926 e. The molecule has 0 fully saturated rings. The molecule has 2 rings (SSSR count). The number of nitrogens with zero attached hydrogens (tertiary/aromatic N) is 1. The molecule has 1 aromatic carbocycles. The standard InChI is InChI=1S/C11H10N2/c1-2-5-10(6-3-1)11-7-4-8-12-9-13-11/h1-9H,(H,12,13). The summed E-state index contributed by atoms with van der Waals surface area (Å²) in [6, 6.07) is 10.1. The Kier molecular flexibility index (Phi) is 2.23. The topological polar surface area (TPSA) is 24.4 Å². The van der Waals surface area contributed by atoms with Crippen LogP contribution >= 0.6 is 0 Å². The monoisotopic (exact) mass is 170 g/mol. The molecule has 0 saturated heterocycles. The van der Waals surface area contributed by atoms with E-state index < -0.39 is 0 Å². The lowest BCUT2D eigenvalue weighted by molar-refractivity contribution is 1.32. The van der Waals surface area contributed by atoms with Gasteiger partial charge in [0, 0.05) is 11.8 Å². The lowest BCUT2D eigenvalue weighted by Gasteiger charge is -1.98. The van der Waals surface area contributed by atoms with Crippen LogP contribution < -0.4 is 5.32 Å². The largest absolute Gasteiger partial charge is 0.353 e. The van der Waals surface area contributed by atoms with Gasteiger partial charge in [0.25, 0.3) is 0 Å². The van der Waals surface area contributed by atoms with E-state index in [2.05, 4.69) is 10.3 Å². The zero-order valence-corrected chi connectivity index (χ0v) is 7.14. The van der Waals surface area contributed by atoms with Crippen LogP contribution in [0.15, 0.2) is 53.7 Å². The van der Waals surface area contributed by atoms with E-state index in [1.54, 1.807) is 6.34 Å². The van der Waals surface area contributed by atoms with E-state index in [0.29, 0.717) is 0 Å². The second-order valence-corrected chi connectivity index (χ2v) is 2.70. The molecule has 0 radical (unpaired) electrons. The van der Waals surface area contributed by atoms with E-state index >= 15 is 0 Å². The number of aliphatic imine (C=N–C) groups is 1. The molecule has 1 heterocycles. The summed E-state index contributed by atoms with van der Waals surface area (Å²) in [5.41, 5.74) is 2.11. The van der Waals surface area contributed by atoms with Gasteiger partial charge in [0.2, 0.25) is 0 Å². The summed E-state index contributed by atoms with van der Waals surface area (Å²) >= 11 is 0. The predicted octanol–water partition coefficient (Wildman–Crippen LogP) is 2.17. The fourth-order valence-corrected chi connectivity index (χ4v) is 1.17. The average Bonchev–Trinajstić information content (AvgIpc) is 2.47. The van der Waals surface area contributed by atoms with Crippen LogP contribution in [-0.4, -0.2) is 6.34 Å². The summed E-state index contributed by atoms with van der Waals surface area (Å²) in [6.45, 7) is 0. The molecule has 0 aromatic heterocycles. The van der Waals surface area contributed by atoms with Gasteiger partial charge >= 0.3 is 0 Å². The van der Waals surface area contributed by atoms with Crippen LogP contribution in [0.2, 0.25) is 0 Å². The molecule has 1 aliphatic heterocycles. The van der Waals surface area contributed by atoms with Crippen LogP contribution in [0, 0.1) is 0 Å². The van der Waals surface area contributed by atoms with Crippen molar-refractivity contribution < 1.29 is 0 Å². The summed E-state index contributed by atoms with van der Waals surface area (Å²) in [6.07, 6.45) is 7.45. The number of rotatable bonds is 1. The van der Waals surface area contributed by atoms with Crippen LogP contribution in [0.4, 0.5) is 0 Å². The maximum atomic E-state index is 4.26. The molecule has 2 nitrogen and oxygen atoms in total. The van der Waals surface area contributed by atoms with Crippen molar-refractivity contribution in [3.05, 3.63) is 54.2 Å². The summed E-state index contributed by atoms with van der Waals surface area (Å²) < 4.78 is 0. The van der Waals surface area contributed by atoms with Crippen LogP contribution in [0.5, 0.6) is 0 Å². The van der Waals surface area contributed by atoms with Gasteiger partial charge in [0.1, 0.15) is 0 Å². The van der Waals surface area contributed by atoms with Gasteiger partial charge in [-0.05, 0) is 12.2 Å². The molecule has 0 amide bonds. The highest BCUT2D eigenvalue weighted by molar-refractivity contribution is 5.75. The quantitative estimate of drug-likeness (QED) is 0.686. The molecule has 64 valence electrons. The maximum absolute atomic E-state index is 4.26. The highest BCUT2D eigenvalue weighted by Crippen LogP contribution is 2.15. The van der Waals surface area contributed by atoms with Gasteiger partial charge in [0.05, 0.1) is 12.0 Å². The second kappa shape index (κ2) is 3.72. The van der Waals surface area contributed by atoms with E-state index in [-0.39, 0.29) is 0 Å².